The van der Waals surface area contributed by atoms with Crippen LogP contribution in [0.2, 0.25) is 5.02 Å². The monoisotopic (exact) mass is 391 g/mol. The highest BCUT2D eigenvalue weighted by Gasteiger charge is 2.35. The Hall–Kier alpha value is -2.27. The molecule has 2 atom stereocenters. The Morgan fingerprint density at radius 3 is 2.67 bits per heavy atom. The Morgan fingerprint density at radius 2 is 2.00 bits per heavy atom. The van der Waals surface area contributed by atoms with Crippen LogP contribution in [0.3, 0.4) is 0 Å². The number of halogens is 2. The van der Waals surface area contributed by atoms with Crippen LogP contribution in [0.15, 0.2) is 36.4 Å². The number of likely N-dealkylation sites (tertiary alicyclic amines) is 1. The molecule has 2 aromatic carbocycles. The zero-order valence-corrected chi connectivity index (χ0v) is 16.2. The van der Waals surface area contributed by atoms with Crippen molar-refractivity contribution in [3.05, 3.63) is 58.4 Å². The predicted molar refractivity (Wildman–Crippen MR) is 103 cm³/mol. The van der Waals surface area contributed by atoms with Crippen LogP contribution in [0.1, 0.15) is 42.1 Å². The van der Waals surface area contributed by atoms with E-state index in [-0.39, 0.29) is 40.3 Å². The first-order valence-electron chi connectivity index (χ1n) is 9.04. The van der Waals surface area contributed by atoms with Gasteiger partial charge in [0.25, 0.3) is 5.91 Å². The fraction of sp³-hybridized carbons (Fsp3) is 0.381. The normalized spacial score (nSPS) is 19.3. The van der Waals surface area contributed by atoms with Crippen LogP contribution >= 0.6 is 11.6 Å². The van der Waals surface area contributed by atoms with Gasteiger partial charge in [-0.3, -0.25) is 4.79 Å². The molecule has 0 spiro atoms. The third-order valence-electron chi connectivity index (χ3n) is 5.20. The molecule has 1 aliphatic heterocycles. The summed E-state index contributed by atoms with van der Waals surface area (Å²) in [6.45, 7) is 2.04. The molecule has 3 rings (SSSR count). The Bertz CT molecular complexity index is 825. The maximum absolute atomic E-state index is 13.1. The van der Waals surface area contributed by atoms with Crippen LogP contribution in [0.5, 0.6) is 11.5 Å². The lowest BCUT2D eigenvalue weighted by molar-refractivity contribution is 0.0672. The molecule has 0 radical (unpaired) electrons. The van der Waals surface area contributed by atoms with Crippen molar-refractivity contribution in [1.82, 2.24) is 4.90 Å². The molecule has 0 aromatic heterocycles. The van der Waals surface area contributed by atoms with Gasteiger partial charge in [0, 0.05) is 17.6 Å². The average molecular weight is 392 g/mol. The number of rotatable bonds is 5. The molecule has 6 heteroatoms. The zero-order chi connectivity index (χ0) is 19.6. The van der Waals surface area contributed by atoms with E-state index in [0.29, 0.717) is 5.56 Å². The topological polar surface area (TPSA) is 49.8 Å². The number of carbonyl (C=O) groups is 1. The average Bonchev–Trinajstić information content (AvgIpc) is 3.03. The van der Waals surface area contributed by atoms with E-state index in [1.54, 1.807) is 12.1 Å². The Morgan fingerprint density at radius 1 is 1.30 bits per heavy atom. The van der Waals surface area contributed by atoms with E-state index in [4.69, 9.17) is 16.3 Å². The predicted octanol–water partition coefficient (Wildman–Crippen LogP) is 4.82. The molecule has 1 heterocycles. The highest BCUT2D eigenvalue weighted by Crippen LogP contribution is 2.37. The molecule has 1 fully saturated rings. The first-order valence-corrected chi connectivity index (χ1v) is 9.42. The molecule has 1 N–H and O–H groups in total. The van der Waals surface area contributed by atoms with Gasteiger partial charge in [0.05, 0.1) is 12.1 Å². The van der Waals surface area contributed by atoms with Crippen molar-refractivity contribution in [2.24, 2.45) is 0 Å². The van der Waals surface area contributed by atoms with E-state index in [0.717, 1.165) is 31.2 Å². The number of carbonyl (C=O) groups excluding carboxylic acids is 1. The minimum absolute atomic E-state index is 0.0902. The Balaban J connectivity index is 1.77. The molecule has 1 amide bonds. The highest BCUT2D eigenvalue weighted by molar-refractivity contribution is 6.32. The van der Waals surface area contributed by atoms with Gasteiger partial charge in [-0.05, 0) is 62.4 Å². The van der Waals surface area contributed by atoms with Gasteiger partial charge in [-0.25, -0.2) is 4.39 Å². The number of ether oxygens (including phenoxy) is 1. The minimum atomic E-state index is -0.247. The second-order valence-electron chi connectivity index (χ2n) is 6.97. The van der Waals surface area contributed by atoms with E-state index < -0.39 is 0 Å². The third kappa shape index (κ3) is 4.19. The summed E-state index contributed by atoms with van der Waals surface area (Å²) in [4.78, 5) is 15.0. The molecular formula is C21H23ClFNO3. The van der Waals surface area contributed by atoms with Crippen molar-refractivity contribution in [3.63, 3.8) is 0 Å². The van der Waals surface area contributed by atoms with Gasteiger partial charge < -0.3 is 14.7 Å². The van der Waals surface area contributed by atoms with Crippen molar-refractivity contribution in [3.8, 4) is 11.5 Å². The smallest absolute Gasteiger partial charge is 0.254 e. The number of phenolic OH excluding ortho intramolecular Hbond substituents is 1. The van der Waals surface area contributed by atoms with Crippen LogP contribution in [0, 0.1) is 5.82 Å². The summed E-state index contributed by atoms with van der Waals surface area (Å²) < 4.78 is 18.2. The lowest BCUT2D eigenvalue weighted by atomic mass is 10.0. The lowest BCUT2D eigenvalue weighted by Gasteiger charge is -2.29. The number of aromatic hydroxyl groups is 1. The van der Waals surface area contributed by atoms with Crippen molar-refractivity contribution >= 4 is 17.5 Å². The van der Waals surface area contributed by atoms with Crippen molar-refractivity contribution in [2.45, 2.75) is 44.7 Å². The number of benzene rings is 2. The molecule has 2 aromatic rings. The molecule has 0 aliphatic carbocycles. The quantitative estimate of drug-likeness (QED) is 0.795. The van der Waals surface area contributed by atoms with Crippen molar-refractivity contribution in [2.75, 3.05) is 7.11 Å². The van der Waals surface area contributed by atoms with Crippen LogP contribution in [0.4, 0.5) is 4.39 Å². The molecule has 144 valence electrons. The second-order valence-corrected chi connectivity index (χ2v) is 7.37. The van der Waals surface area contributed by atoms with E-state index in [2.05, 4.69) is 0 Å². The van der Waals surface area contributed by atoms with E-state index in [1.165, 1.54) is 31.4 Å². The molecule has 1 aliphatic rings. The van der Waals surface area contributed by atoms with Gasteiger partial charge in [-0.2, -0.15) is 0 Å². The Labute approximate surface area is 163 Å². The first-order chi connectivity index (χ1) is 12.9. The second kappa shape index (κ2) is 8.17. The van der Waals surface area contributed by atoms with Crippen molar-refractivity contribution < 1.29 is 19.0 Å². The van der Waals surface area contributed by atoms with E-state index in [9.17, 15) is 14.3 Å². The minimum Gasteiger partial charge on any atom is -0.503 e. The van der Waals surface area contributed by atoms with Gasteiger partial charge in [-0.15, -0.1) is 0 Å². The van der Waals surface area contributed by atoms with Gasteiger partial charge in [-0.1, -0.05) is 23.7 Å². The largest absolute Gasteiger partial charge is 0.503 e. The number of hydrogen-bond acceptors (Lipinski definition) is 3. The fourth-order valence-corrected chi connectivity index (χ4v) is 3.92. The highest BCUT2D eigenvalue weighted by atomic mass is 35.5. The standard InChI is InChI=1S/C21H23ClFNO3/c1-13-3-9-17(10-6-14-4-7-16(23)8-5-14)24(13)21(26)15-11-18(22)20(25)19(12-15)27-2/h4-5,7-8,11-13,17,25H,3,6,9-10H2,1-2H3/t13-,17-/m1/s1. The molecule has 0 bridgehead atoms. The van der Waals surface area contributed by atoms with Gasteiger partial charge in [0.1, 0.15) is 5.82 Å². The summed E-state index contributed by atoms with van der Waals surface area (Å²) in [7, 11) is 1.42. The number of aryl methyl sites for hydroxylation is 1. The fourth-order valence-electron chi connectivity index (χ4n) is 3.71. The summed E-state index contributed by atoms with van der Waals surface area (Å²) in [6.07, 6.45) is 3.45. The number of methoxy groups -OCH3 is 1. The summed E-state index contributed by atoms with van der Waals surface area (Å²) in [5.74, 6) is -0.355. The maximum Gasteiger partial charge on any atom is 0.254 e. The third-order valence-corrected chi connectivity index (χ3v) is 5.48. The van der Waals surface area contributed by atoms with Gasteiger partial charge in [0.2, 0.25) is 0 Å². The maximum atomic E-state index is 13.1. The Kier molecular flexibility index (Phi) is 5.90. The zero-order valence-electron chi connectivity index (χ0n) is 15.4. The van der Waals surface area contributed by atoms with Gasteiger partial charge in [0.15, 0.2) is 11.5 Å². The summed E-state index contributed by atoms with van der Waals surface area (Å²) >= 11 is 6.04. The van der Waals surface area contributed by atoms with Crippen LogP contribution in [-0.4, -0.2) is 35.1 Å². The summed E-state index contributed by atoms with van der Waals surface area (Å²) in [5, 5.41) is 9.98. The van der Waals surface area contributed by atoms with Crippen LogP contribution < -0.4 is 4.74 Å². The summed E-state index contributed by atoms with van der Waals surface area (Å²) in [5.41, 5.74) is 1.45. The SMILES string of the molecule is COc1cc(C(=O)N2[C@@H](CCc3ccc(F)cc3)CC[C@H]2C)cc(Cl)c1O. The molecule has 0 saturated carbocycles. The molecule has 0 unspecified atom stereocenters. The lowest BCUT2D eigenvalue weighted by Crippen LogP contribution is -2.40. The van der Waals surface area contributed by atoms with E-state index >= 15 is 0 Å². The molecular weight excluding hydrogens is 369 g/mol. The van der Waals surface area contributed by atoms with Crippen LogP contribution in [-0.2, 0) is 6.42 Å². The van der Waals surface area contributed by atoms with Crippen molar-refractivity contribution in [1.29, 1.82) is 0 Å². The number of hydrogen-bond donors (Lipinski definition) is 1. The summed E-state index contributed by atoms with van der Waals surface area (Å²) in [6, 6.07) is 9.70. The first kappa shape index (κ1) is 19.5. The molecule has 4 nitrogen and oxygen atoms in total. The number of nitrogens with zero attached hydrogens (tertiary/aromatic N) is 1. The van der Waals surface area contributed by atoms with Crippen LogP contribution in [0.25, 0.3) is 0 Å². The molecule has 1 saturated heterocycles. The number of phenols is 1. The molecule has 27 heavy (non-hydrogen) atoms. The van der Waals surface area contributed by atoms with E-state index in [1.807, 2.05) is 11.8 Å². The van der Waals surface area contributed by atoms with Gasteiger partial charge >= 0.3 is 0 Å². The number of amides is 1.